The maximum absolute atomic E-state index is 13.5. The fourth-order valence-electron chi connectivity index (χ4n) is 2.39. The molecule has 20 heavy (non-hydrogen) atoms. The second-order valence-corrected chi connectivity index (χ2v) is 5.65. The average Bonchev–Trinajstić information content (AvgIpc) is 2.39. The summed E-state index contributed by atoms with van der Waals surface area (Å²) in [7, 11) is 0. The smallest absolute Gasteiger partial charge is 0.338 e. The van der Waals surface area contributed by atoms with E-state index in [2.05, 4.69) is 12.2 Å². The summed E-state index contributed by atoms with van der Waals surface area (Å²) in [5.41, 5.74) is 0.686. The first-order valence-corrected chi connectivity index (χ1v) is 6.80. The highest BCUT2D eigenvalue weighted by molar-refractivity contribution is 5.87. The Hall–Kier alpha value is -1.46. The molecule has 4 nitrogen and oxygen atoms in total. The van der Waals surface area contributed by atoms with Crippen molar-refractivity contribution in [2.45, 2.75) is 26.3 Å². The van der Waals surface area contributed by atoms with Crippen LogP contribution in [0.1, 0.15) is 35.7 Å². The summed E-state index contributed by atoms with van der Waals surface area (Å²) < 4.78 is 18.9. The molecule has 0 aliphatic carbocycles. The number of carbonyl (C=O) groups is 1. The third-order valence-electron chi connectivity index (χ3n) is 3.84. The Balaban J connectivity index is 1.88. The van der Waals surface area contributed by atoms with Gasteiger partial charge in [-0.1, -0.05) is 13.0 Å². The molecule has 1 aliphatic rings. The van der Waals surface area contributed by atoms with Crippen molar-refractivity contribution in [2.75, 3.05) is 19.8 Å². The van der Waals surface area contributed by atoms with Crippen molar-refractivity contribution in [3.63, 3.8) is 0 Å². The maximum atomic E-state index is 13.5. The number of nitrogens with one attached hydrogen (secondary N) is 1. The standard InChI is InChI=1S/C15H20FNO3/c1-15(4-6-20-7-5-15)10-17-9-11-2-3-12(14(18)19)13(16)8-11/h2-3,8,17H,4-7,9-10H2,1H3,(H,18,19). The van der Waals surface area contributed by atoms with Gasteiger partial charge in [0.1, 0.15) is 5.82 Å². The van der Waals surface area contributed by atoms with Crippen LogP contribution < -0.4 is 5.32 Å². The normalized spacial score (nSPS) is 17.9. The lowest BCUT2D eigenvalue weighted by atomic mass is 9.82. The molecule has 0 bridgehead atoms. The zero-order valence-electron chi connectivity index (χ0n) is 11.6. The summed E-state index contributed by atoms with van der Waals surface area (Å²) in [5, 5.41) is 12.1. The number of hydrogen-bond acceptors (Lipinski definition) is 3. The SMILES string of the molecule is CC1(CNCc2ccc(C(=O)O)c(F)c2)CCOCC1. The van der Waals surface area contributed by atoms with E-state index in [9.17, 15) is 9.18 Å². The third-order valence-corrected chi connectivity index (χ3v) is 3.84. The summed E-state index contributed by atoms with van der Waals surface area (Å²) in [5.74, 6) is -1.93. The van der Waals surface area contributed by atoms with Crippen LogP contribution in [0.15, 0.2) is 18.2 Å². The van der Waals surface area contributed by atoms with Crippen molar-refractivity contribution in [3.05, 3.63) is 35.1 Å². The second-order valence-electron chi connectivity index (χ2n) is 5.65. The van der Waals surface area contributed by atoms with Gasteiger partial charge in [0.2, 0.25) is 0 Å². The van der Waals surface area contributed by atoms with Gasteiger partial charge in [0.25, 0.3) is 0 Å². The molecule has 0 atom stereocenters. The van der Waals surface area contributed by atoms with E-state index in [1.165, 1.54) is 12.1 Å². The zero-order chi connectivity index (χ0) is 14.6. The molecule has 1 aliphatic heterocycles. The minimum Gasteiger partial charge on any atom is -0.478 e. The van der Waals surface area contributed by atoms with Crippen molar-refractivity contribution in [2.24, 2.45) is 5.41 Å². The molecular weight excluding hydrogens is 261 g/mol. The molecule has 110 valence electrons. The molecule has 5 heteroatoms. The molecular formula is C15H20FNO3. The summed E-state index contributed by atoms with van der Waals surface area (Å²) in [6.45, 7) is 5.18. The Kier molecular flexibility index (Phi) is 4.73. The van der Waals surface area contributed by atoms with Crippen LogP contribution in [0.25, 0.3) is 0 Å². The Bertz CT molecular complexity index is 484. The van der Waals surface area contributed by atoms with E-state index in [0.29, 0.717) is 6.54 Å². The first-order chi connectivity index (χ1) is 9.50. The number of carboxylic acid groups (broad SMARTS) is 1. The molecule has 1 heterocycles. The molecule has 0 saturated carbocycles. The van der Waals surface area contributed by atoms with Crippen LogP contribution in [0.2, 0.25) is 0 Å². The van der Waals surface area contributed by atoms with Gasteiger partial charge >= 0.3 is 5.97 Å². The van der Waals surface area contributed by atoms with Gasteiger partial charge in [0.15, 0.2) is 0 Å². The molecule has 0 unspecified atom stereocenters. The highest BCUT2D eigenvalue weighted by Crippen LogP contribution is 2.28. The summed E-state index contributed by atoms with van der Waals surface area (Å²) in [6, 6.07) is 4.24. The molecule has 1 saturated heterocycles. The number of ether oxygens (including phenoxy) is 1. The van der Waals surface area contributed by atoms with E-state index in [4.69, 9.17) is 9.84 Å². The number of benzene rings is 1. The van der Waals surface area contributed by atoms with Gasteiger partial charge in [-0.2, -0.15) is 0 Å². The largest absolute Gasteiger partial charge is 0.478 e. The van der Waals surface area contributed by atoms with Crippen molar-refractivity contribution < 1.29 is 19.0 Å². The minimum absolute atomic E-state index is 0.220. The summed E-state index contributed by atoms with van der Waals surface area (Å²) >= 11 is 0. The molecule has 2 rings (SSSR count). The molecule has 1 aromatic carbocycles. The van der Waals surface area contributed by atoms with Gasteiger partial charge < -0.3 is 15.2 Å². The van der Waals surface area contributed by atoms with Gasteiger partial charge in [0, 0.05) is 26.3 Å². The lowest BCUT2D eigenvalue weighted by Gasteiger charge is -2.33. The predicted molar refractivity (Wildman–Crippen MR) is 73.2 cm³/mol. The van der Waals surface area contributed by atoms with Crippen molar-refractivity contribution >= 4 is 5.97 Å². The lowest BCUT2D eigenvalue weighted by molar-refractivity contribution is 0.0240. The number of halogens is 1. The van der Waals surface area contributed by atoms with Gasteiger partial charge in [0.05, 0.1) is 5.56 Å². The van der Waals surface area contributed by atoms with E-state index in [1.807, 2.05) is 0 Å². The van der Waals surface area contributed by atoms with E-state index < -0.39 is 11.8 Å². The molecule has 0 aromatic heterocycles. The van der Waals surface area contributed by atoms with Crippen LogP contribution in [-0.4, -0.2) is 30.8 Å². The molecule has 2 N–H and O–H groups in total. The van der Waals surface area contributed by atoms with E-state index in [0.717, 1.165) is 38.2 Å². The molecule has 0 amide bonds. The monoisotopic (exact) mass is 281 g/mol. The van der Waals surface area contributed by atoms with Crippen molar-refractivity contribution in [3.8, 4) is 0 Å². The fraction of sp³-hybridized carbons (Fsp3) is 0.533. The topological polar surface area (TPSA) is 58.6 Å². The van der Waals surface area contributed by atoms with Crippen LogP contribution in [-0.2, 0) is 11.3 Å². The zero-order valence-corrected chi connectivity index (χ0v) is 11.6. The Morgan fingerprint density at radius 2 is 2.15 bits per heavy atom. The molecule has 0 radical (unpaired) electrons. The predicted octanol–water partition coefficient (Wildman–Crippen LogP) is 2.43. The second kappa shape index (κ2) is 6.33. The molecule has 0 spiro atoms. The third kappa shape index (κ3) is 3.77. The Labute approximate surface area is 117 Å². The quantitative estimate of drug-likeness (QED) is 0.870. The van der Waals surface area contributed by atoms with Crippen LogP contribution in [0.5, 0.6) is 0 Å². The van der Waals surface area contributed by atoms with Gasteiger partial charge in [-0.25, -0.2) is 9.18 Å². The van der Waals surface area contributed by atoms with Crippen LogP contribution >= 0.6 is 0 Å². The van der Waals surface area contributed by atoms with Crippen LogP contribution in [0.4, 0.5) is 4.39 Å². The van der Waals surface area contributed by atoms with Gasteiger partial charge in [-0.15, -0.1) is 0 Å². The van der Waals surface area contributed by atoms with Crippen molar-refractivity contribution in [1.82, 2.24) is 5.32 Å². The first kappa shape index (κ1) is 14.9. The fourth-order valence-corrected chi connectivity index (χ4v) is 2.39. The van der Waals surface area contributed by atoms with Crippen molar-refractivity contribution in [1.29, 1.82) is 0 Å². The number of rotatable bonds is 5. The highest BCUT2D eigenvalue weighted by Gasteiger charge is 2.26. The van der Waals surface area contributed by atoms with Gasteiger partial charge in [-0.3, -0.25) is 0 Å². The summed E-state index contributed by atoms with van der Waals surface area (Å²) in [4.78, 5) is 10.7. The van der Waals surface area contributed by atoms with Gasteiger partial charge in [-0.05, 0) is 36.0 Å². The van der Waals surface area contributed by atoms with E-state index >= 15 is 0 Å². The number of aromatic carboxylic acids is 1. The number of hydrogen-bond donors (Lipinski definition) is 2. The van der Waals surface area contributed by atoms with E-state index in [-0.39, 0.29) is 11.0 Å². The van der Waals surface area contributed by atoms with Crippen LogP contribution in [0.3, 0.4) is 0 Å². The Morgan fingerprint density at radius 3 is 2.75 bits per heavy atom. The highest BCUT2D eigenvalue weighted by atomic mass is 19.1. The maximum Gasteiger partial charge on any atom is 0.338 e. The summed E-state index contributed by atoms with van der Waals surface area (Å²) in [6.07, 6.45) is 2.04. The number of carboxylic acids is 1. The Morgan fingerprint density at radius 1 is 1.45 bits per heavy atom. The molecule has 1 fully saturated rings. The molecule has 1 aromatic rings. The van der Waals surface area contributed by atoms with Crippen LogP contribution in [0, 0.1) is 11.2 Å². The first-order valence-electron chi connectivity index (χ1n) is 6.80. The minimum atomic E-state index is -1.24. The van der Waals surface area contributed by atoms with E-state index in [1.54, 1.807) is 6.07 Å². The average molecular weight is 281 g/mol. The lowest BCUT2D eigenvalue weighted by Crippen LogP contribution is -2.36.